The minimum Gasteiger partial charge on any atom is -0.495 e. The molecular weight excluding hydrogens is 276 g/mol. The first-order valence-corrected chi connectivity index (χ1v) is 7.46. The lowest BCUT2D eigenvalue weighted by molar-refractivity contribution is 0.272. The van der Waals surface area contributed by atoms with Gasteiger partial charge in [-0.05, 0) is 29.7 Å². The average Bonchev–Trinajstić information content (AvgIpc) is 2.92. The first kappa shape index (κ1) is 14.6. The number of hydrogen-bond donors (Lipinski definition) is 1. The van der Waals surface area contributed by atoms with Gasteiger partial charge in [0.2, 0.25) is 0 Å². The molecule has 1 N–H and O–H groups in total. The van der Waals surface area contributed by atoms with Gasteiger partial charge in [-0.25, -0.2) is 4.98 Å². The van der Waals surface area contributed by atoms with Crippen LogP contribution in [0, 0.1) is 0 Å². The van der Waals surface area contributed by atoms with Crippen molar-refractivity contribution < 1.29 is 9.84 Å². The molecule has 0 fully saturated rings. The predicted molar refractivity (Wildman–Crippen MR) is 87.1 cm³/mol. The molecule has 0 spiro atoms. The third-order valence-corrected chi connectivity index (χ3v) is 3.96. The lowest BCUT2D eigenvalue weighted by Crippen LogP contribution is -2.05. The summed E-state index contributed by atoms with van der Waals surface area (Å²) in [6.45, 7) is 2.84. The van der Waals surface area contributed by atoms with Crippen LogP contribution in [0.15, 0.2) is 42.6 Å². The number of aliphatic hydroxyl groups excluding tert-OH is 1. The Morgan fingerprint density at radius 2 is 1.86 bits per heavy atom. The molecule has 4 nitrogen and oxygen atoms in total. The van der Waals surface area contributed by atoms with Gasteiger partial charge in [0.15, 0.2) is 0 Å². The maximum atomic E-state index is 9.63. The van der Waals surface area contributed by atoms with Gasteiger partial charge in [0.05, 0.1) is 19.9 Å². The molecule has 0 radical (unpaired) electrons. The highest BCUT2D eigenvalue weighted by molar-refractivity contribution is 5.79. The van der Waals surface area contributed by atoms with E-state index in [0.717, 1.165) is 28.9 Å². The van der Waals surface area contributed by atoms with E-state index in [1.807, 2.05) is 12.1 Å². The Morgan fingerprint density at radius 3 is 2.50 bits per heavy atom. The lowest BCUT2D eigenvalue weighted by Gasteiger charge is -2.09. The number of rotatable bonds is 5. The van der Waals surface area contributed by atoms with E-state index in [-0.39, 0.29) is 6.61 Å². The van der Waals surface area contributed by atoms with Crippen LogP contribution in [0.25, 0.3) is 11.0 Å². The summed E-state index contributed by atoms with van der Waals surface area (Å²) in [5.74, 6) is 0.724. The molecule has 0 bridgehead atoms. The third-order valence-electron chi connectivity index (χ3n) is 3.96. The third kappa shape index (κ3) is 2.70. The van der Waals surface area contributed by atoms with Crippen molar-refractivity contribution in [1.82, 2.24) is 9.55 Å². The van der Waals surface area contributed by atoms with Gasteiger partial charge >= 0.3 is 0 Å². The van der Waals surface area contributed by atoms with Gasteiger partial charge in [0.25, 0.3) is 0 Å². The van der Waals surface area contributed by atoms with E-state index >= 15 is 0 Å². The molecule has 0 unspecified atom stereocenters. The number of aliphatic hydroxyl groups is 1. The van der Waals surface area contributed by atoms with Crippen LogP contribution < -0.4 is 4.74 Å². The number of fused-ring (bicyclic) bond motifs is 1. The summed E-state index contributed by atoms with van der Waals surface area (Å²) < 4.78 is 7.27. The molecule has 2 aromatic heterocycles. The smallest absolute Gasteiger partial charge is 0.140 e. The van der Waals surface area contributed by atoms with Crippen LogP contribution in [0.4, 0.5) is 0 Å². The molecule has 2 heterocycles. The second-order valence-electron chi connectivity index (χ2n) is 5.34. The number of hydrogen-bond acceptors (Lipinski definition) is 3. The average molecular weight is 296 g/mol. The second-order valence-corrected chi connectivity index (χ2v) is 5.34. The Bertz CT molecular complexity index is 776. The van der Waals surface area contributed by atoms with Gasteiger partial charge in [0.1, 0.15) is 11.4 Å². The van der Waals surface area contributed by atoms with E-state index in [4.69, 9.17) is 4.74 Å². The standard InChI is InChI=1S/C18H20N2O2/c1-3-13-4-6-14(7-5-13)11-20-16(12-21)8-15-9-17(22-2)10-19-18(15)20/h4-10,21H,3,11-12H2,1-2H3. The molecule has 0 atom stereocenters. The number of nitrogens with zero attached hydrogens (tertiary/aromatic N) is 2. The van der Waals surface area contributed by atoms with Crippen molar-refractivity contribution in [3.63, 3.8) is 0 Å². The Morgan fingerprint density at radius 1 is 1.14 bits per heavy atom. The Kier molecular flexibility index (Phi) is 4.11. The molecule has 0 saturated carbocycles. The van der Waals surface area contributed by atoms with Crippen LogP contribution in [0.1, 0.15) is 23.7 Å². The molecule has 4 heteroatoms. The number of aromatic nitrogens is 2. The molecule has 114 valence electrons. The number of methoxy groups -OCH3 is 1. The number of benzene rings is 1. The van der Waals surface area contributed by atoms with E-state index in [1.165, 1.54) is 11.1 Å². The molecular formula is C18H20N2O2. The fourth-order valence-corrected chi connectivity index (χ4v) is 2.66. The zero-order valence-electron chi connectivity index (χ0n) is 12.9. The van der Waals surface area contributed by atoms with Crippen molar-refractivity contribution in [2.24, 2.45) is 0 Å². The van der Waals surface area contributed by atoms with Crippen LogP contribution >= 0.6 is 0 Å². The largest absolute Gasteiger partial charge is 0.495 e. The summed E-state index contributed by atoms with van der Waals surface area (Å²) in [7, 11) is 1.63. The second kappa shape index (κ2) is 6.20. The van der Waals surface area contributed by atoms with Crippen molar-refractivity contribution in [1.29, 1.82) is 0 Å². The van der Waals surface area contributed by atoms with Gasteiger partial charge in [0, 0.05) is 17.6 Å². The molecule has 0 aliphatic carbocycles. The topological polar surface area (TPSA) is 47.3 Å². The summed E-state index contributed by atoms with van der Waals surface area (Å²) in [6.07, 6.45) is 2.75. The van der Waals surface area contributed by atoms with E-state index in [2.05, 4.69) is 40.7 Å². The first-order valence-electron chi connectivity index (χ1n) is 7.46. The Hall–Kier alpha value is -2.33. The normalized spacial score (nSPS) is 11.0. The van der Waals surface area contributed by atoms with Crippen LogP contribution in [-0.2, 0) is 19.6 Å². The molecule has 1 aromatic carbocycles. The van der Waals surface area contributed by atoms with E-state index in [0.29, 0.717) is 6.54 Å². The van der Waals surface area contributed by atoms with E-state index < -0.39 is 0 Å². The van der Waals surface area contributed by atoms with E-state index in [9.17, 15) is 5.11 Å². The predicted octanol–water partition coefficient (Wildman–Crippen LogP) is 3.15. The van der Waals surface area contributed by atoms with Gasteiger partial charge in [-0.15, -0.1) is 0 Å². The van der Waals surface area contributed by atoms with Crippen LogP contribution in [0.2, 0.25) is 0 Å². The zero-order chi connectivity index (χ0) is 15.5. The van der Waals surface area contributed by atoms with Gasteiger partial charge in [-0.2, -0.15) is 0 Å². The van der Waals surface area contributed by atoms with Crippen molar-refractivity contribution in [2.45, 2.75) is 26.5 Å². The van der Waals surface area contributed by atoms with Crippen molar-refractivity contribution in [3.8, 4) is 5.75 Å². The van der Waals surface area contributed by atoms with Crippen LogP contribution in [0.3, 0.4) is 0 Å². The quantitative estimate of drug-likeness (QED) is 0.787. The minimum atomic E-state index is -0.00822. The first-order chi connectivity index (χ1) is 10.7. The summed E-state index contributed by atoms with van der Waals surface area (Å²) in [4.78, 5) is 4.48. The van der Waals surface area contributed by atoms with Crippen molar-refractivity contribution >= 4 is 11.0 Å². The number of aryl methyl sites for hydroxylation is 1. The van der Waals surface area contributed by atoms with Gasteiger partial charge < -0.3 is 14.4 Å². The van der Waals surface area contributed by atoms with Crippen LogP contribution in [-0.4, -0.2) is 21.8 Å². The Balaban J connectivity index is 2.00. The molecule has 3 rings (SSSR count). The summed E-state index contributed by atoms with van der Waals surface area (Å²) >= 11 is 0. The minimum absolute atomic E-state index is 0.00822. The molecule has 0 saturated heterocycles. The highest BCUT2D eigenvalue weighted by Gasteiger charge is 2.11. The van der Waals surface area contributed by atoms with Crippen molar-refractivity contribution in [3.05, 3.63) is 59.4 Å². The van der Waals surface area contributed by atoms with Crippen LogP contribution in [0.5, 0.6) is 5.75 Å². The Labute approximate surface area is 130 Å². The molecule has 3 aromatic rings. The van der Waals surface area contributed by atoms with Crippen molar-refractivity contribution in [2.75, 3.05) is 7.11 Å². The SMILES string of the molecule is CCc1ccc(Cn2c(CO)cc3cc(OC)cnc32)cc1. The fourth-order valence-electron chi connectivity index (χ4n) is 2.66. The van der Waals surface area contributed by atoms with Gasteiger partial charge in [-0.1, -0.05) is 31.2 Å². The zero-order valence-corrected chi connectivity index (χ0v) is 12.9. The fraction of sp³-hybridized carbons (Fsp3) is 0.278. The maximum absolute atomic E-state index is 9.63. The lowest BCUT2D eigenvalue weighted by atomic mass is 10.1. The number of ether oxygens (including phenoxy) is 1. The molecule has 0 aliphatic rings. The summed E-state index contributed by atoms with van der Waals surface area (Å²) in [5, 5.41) is 10.6. The molecule has 0 aliphatic heterocycles. The number of pyridine rings is 1. The maximum Gasteiger partial charge on any atom is 0.140 e. The molecule has 0 amide bonds. The summed E-state index contributed by atoms with van der Waals surface area (Å²) in [6, 6.07) is 12.5. The summed E-state index contributed by atoms with van der Waals surface area (Å²) in [5.41, 5.74) is 4.24. The van der Waals surface area contributed by atoms with E-state index in [1.54, 1.807) is 13.3 Å². The highest BCUT2D eigenvalue weighted by atomic mass is 16.5. The monoisotopic (exact) mass is 296 g/mol. The highest BCUT2D eigenvalue weighted by Crippen LogP contribution is 2.23. The molecule has 22 heavy (non-hydrogen) atoms. The van der Waals surface area contributed by atoms with Gasteiger partial charge in [-0.3, -0.25) is 0 Å².